The molecular weight excluding hydrogens is 382 g/mol. The van der Waals surface area contributed by atoms with Crippen molar-refractivity contribution in [3.63, 3.8) is 0 Å². The molecule has 0 spiro atoms. The van der Waals surface area contributed by atoms with Crippen LogP contribution in [-0.2, 0) is 0 Å². The molecule has 0 aliphatic heterocycles. The maximum Gasteiger partial charge on any atom is 0.255 e. The van der Waals surface area contributed by atoms with Crippen molar-refractivity contribution in [2.24, 2.45) is 5.73 Å². The molecule has 0 aliphatic rings. The Labute approximate surface area is 171 Å². The van der Waals surface area contributed by atoms with Crippen LogP contribution < -0.4 is 25.8 Å². The number of rotatable bonds is 8. The monoisotopic (exact) mass is 407 g/mol. The molecule has 0 saturated heterocycles. The van der Waals surface area contributed by atoms with Crippen LogP contribution in [0.4, 0.5) is 5.69 Å². The molecule has 0 aliphatic carbocycles. The van der Waals surface area contributed by atoms with Gasteiger partial charge in [-0.25, -0.2) is 0 Å². The second-order valence-electron chi connectivity index (χ2n) is 6.08. The number of halogens is 1. The van der Waals surface area contributed by atoms with Gasteiger partial charge in [0.15, 0.2) is 11.5 Å². The number of para-hydroxylation sites is 1. The smallest absolute Gasteiger partial charge is 0.255 e. The van der Waals surface area contributed by atoms with E-state index < -0.39 is 0 Å². The highest BCUT2D eigenvalue weighted by Gasteiger charge is 2.16. The predicted octanol–water partition coefficient (Wildman–Crippen LogP) is 2.85. The molecule has 7 nitrogen and oxygen atoms in total. The maximum atomic E-state index is 12.6. The molecule has 2 rings (SSSR count). The van der Waals surface area contributed by atoms with Crippen molar-refractivity contribution in [3.8, 4) is 11.5 Å². The highest BCUT2D eigenvalue weighted by molar-refractivity contribution is 6.09. The number of amides is 2. The Morgan fingerprint density at radius 3 is 2.43 bits per heavy atom. The van der Waals surface area contributed by atoms with E-state index in [1.54, 1.807) is 42.5 Å². The van der Waals surface area contributed by atoms with E-state index in [0.717, 1.165) is 0 Å². The average molecular weight is 408 g/mol. The fourth-order valence-corrected chi connectivity index (χ4v) is 2.43. The quantitative estimate of drug-likeness (QED) is 0.624. The third kappa shape index (κ3) is 6.14. The van der Waals surface area contributed by atoms with Crippen LogP contribution in [0.3, 0.4) is 0 Å². The number of hydrogen-bond acceptors (Lipinski definition) is 5. The fraction of sp³-hybridized carbons (Fsp3) is 0.300. The summed E-state index contributed by atoms with van der Waals surface area (Å²) in [7, 11) is 1.52. The Bertz CT molecular complexity index is 812. The first-order chi connectivity index (χ1) is 13.0. The van der Waals surface area contributed by atoms with Crippen LogP contribution in [0.2, 0.25) is 0 Å². The number of carbonyl (C=O) groups excluding carboxylic acids is 2. The topological polar surface area (TPSA) is 103 Å². The molecule has 28 heavy (non-hydrogen) atoms. The van der Waals surface area contributed by atoms with Crippen molar-refractivity contribution < 1.29 is 19.1 Å². The molecule has 2 aromatic rings. The summed E-state index contributed by atoms with van der Waals surface area (Å²) in [4.78, 5) is 24.9. The Hall–Kier alpha value is -2.77. The minimum Gasteiger partial charge on any atom is -0.493 e. The summed E-state index contributed by atoms with van der Waals surface area (Å²) in [6.07, 6.45) is -0.0162. The zero-order chi connectivity index (χ0) is 19.8. The first kappa shape index (κ1) is 23.3. The van der Waals surface area contributed by atoms with E-state index in [0.29, 0.717) is 41.4 Å². The lowest BCUT2D eigenvalue weighted by atomic mass is 10.1. The molecule has 0 aromatic heterocycles. The molecule has 0 radical (unpaired) electrons. The van der Waals surface area contributed by atoms with Crippen LogP contribution in [0.5, 0.6) is 11.5 Å². The predicted molar refractivity (Wildman–Crippen MR) is 112 cm³/mol. The Kier molecular flexibility index (Phi) is 9.27. The molecule has 0 heterocycles. The molecule has 0 fully saturated rings. The summed E-state index contributed by atoms with van der Waals surface area (Å²) < 4.78 is 11.0. The molecule has 0 atom stereocenters. The molecule has 2 aromatic carbocycles. The van der Waals surface area contributed by atoms with Crippen molar-refractivity contribution in [2.75, 3.05) is 25.5 Å². The highest BCUT2D eigenvalue weighted by atomic mass is 35.5. The minimum atomic E-state index is -0.358. The number of hydrogen-bond donors (Lipinski definition) is 3. The molecule has 4 N–H and O–H groups in total. The number of anilines is 1. The molecule has 0 unspecified atom stereocenters. The van der Waals surface area contributed by atoms with Gasteiger partial charge in [-0.1, -0.05) is 12.1 Å². The second kappa shape index (κ2) is 11.2. The van der Waals surface area contributed by atoms with Crippen LogP contribution in [0.1, 0.15) is 34.6 Å². The van der Waals surface area contributed by atoms with E-state index in [-0.39, 0.29) is 30.3 Å². The largest absolute Gasteiger partial charge is 0.493 e. The highest BCUT2D eigenvalue weighted by Crippen LogP contribution is 2.29. The van der Waals surface area contributed by atoms with E-state index in [4.69, 9.17) is 15.2 Å². The SMILES string of the molecule is COc1cc(C(=O)Nc2ccccc2C(=O)NCCN)ccc1OC(C)C.Cl. The third-order valence-electron chi connectivity index (χ3n) is 3.64. The van der Waals surface area contributed by atoms with Gasteiger partial charge in [0, 0.05) is 18.7 Å². The first-order valence-electron chi connectivity index (χ1n) is 8.69. The van der Waals surface area contributed by atoms with Crippen LogP contribution in [-0.4, -0.2) is 38.1 Å². The zero-order valence-corrected chi connectivity index (χ0v) is 17.0. The van der Waals surface area contributed by atoms with Gasteiger partial charge in [0.2, 0.25) is 0 Å². The third-order valence-corrected chi connectivity index (χ3v) is 3.64. The zero-order valence-electron chi connectivity index (χ0n) is 16.2. The van der Waals surface area contributed by atoms with Crippen LogP contribution in [0, 0.1) is 0 Å². The molecule has 2 amide bonds. The molecule has 152 valence electrons. The second-order valence-corrected chi connectivity index (χ2v) is 6.08. The number of methoxy groups -OCH3 is 1. The minimum absolute atomic E-state index is 0. The summed E-state index contributed by atoms with van der Waals surface area (Å²) in [5.74, 6) is 0.369. The maximum absolute atomic E-state index is 12.6. The van der Waals surface area contributed by atoms with Crippen molar-refractivity contribution in [2.45, 2.75) is 20.0 Å². The van der Waals surface area contributed by atoms with E-state index >= 15 is 0 Å². The van der Waals surface area contributed by atoms with Gasteiger partial charge >= 0.3 is 0 Å². The van der Waals surface area contributed by atoms with Gasteiger partial charge in [0.25, 0.3) is 11.8 Å². The van der Waals surface area contributed by atoms with Crippen molar-refractivity contribution in [1.29, 1.82) is 0 Å². The number of carbonyl (C=O) groups is 2. The Morgan fingerprint density at radius 1 is 1.07 bits per heavy atom. The fourth-order valence-electron chi connectivity index (χ4n) is 2.43. The summed E-state index contributed by atoms with van der Waals surface area (Å²) in [5.41, 5.74) is 6.58. The van der Waals surface area contributed by atoms with Gasteiger partial charge in [-0.2, -0.15) is 0 Å². The normalized spacial score (nSPS) is 10.0. The lowest BCUT2D eigenvalue weighted by Gasteiger charge is -2.15. The molecule has 0 bridgehead atoms. The van der Waals surface area contributed by atoms with Crippen molar-refractivity contribution in [1.82, 2.24) is 5.32 Å². The van der Waals surface area contributed by atoms with Gasteiger partial charge in [-0.15, -0.1) is 12.4 Å². The lowest BCUT2D eigenvalue weighted by molar-refractivity contribution is 0.0955. The molecule has 0 saturated carbocycles. The van der Waals surface area contributed by atoms with E-state index in [2.05, 4.69) is 10.6 Å². The Morgan fingerprint density at radius 2 is 1.79 bits per heavy atom. The number of ether oxygens (including phenoxy) is 2. The Balaban J connectivity index is 0.00000392. The molecular formula is C20H26ClN3O4. The lowest BCUT2D eigenvalue weighted by Crippen LogP contribution is -2.30. The summed E-state index contributed by atoms with van der Waals surface area (Å²) in [6.45, 7) is 4.51. The van der Waals surface area contributed by atoms with E-state index in [1.165, 1.54) is 7.11 Å². The molecule has 8 heteroatoms. The van der Waals surface area contributed by atoms with Crippen molar-refractivity contribution >= 4 is 29.9 Å². The first-order valence-corrected chi connectivity index (χ1v) is 8.69. The van der Waals surface area contributed by atoms with Gasteiger partial charge in [0.05, 0.1) is 24.5 Å². The van der Waals surface area contributed by atoms with Gasteiger partial charge in [0.1, 0.15) is 0 Å². The summed E-state index contributed by atoms with van der Waals surface area (Å²) in [6, 6.07) is 11.7. The summed E-state index contributed by atoms with van der Waals surface area (Å²) in [5, 5.41) is 5.46. The van der Waals surface area contributed by atoms with E-state index in [9.17, 15) is 9.59 Å². The average Bonchev–Trinajstić information content (AvgIpc) is 2.66. The summed E-state index contributed by atoms with van der Waals surface area (Å²) >= 11 is 0. The number of nitrogens with two attached hydrogens (primary N) is 1. The van der Waals surface area contributed by atoms with Crippen LogP contribution in [0.15, 0.2) is 42.5 Å². The van der Waals surface area contributed by atoms with Gasteiger partial charge in [-0.05, 0) is 44.2 Å². The number of benzene rings is 2. The van der Waals surface area contributed by atoms with Crippen LogP contribution >= 0.6 is 12.4 Å². The standard InChI is InChI=1S/C20H25N3O4.ClH/c1-13(2)27-17-9-8-14(12-18(17)26-3)19(24)23-16-7-5-4-6-15(16)20(25)22-11-10-21;/h4-9,12-13H,10-11,21H2,1-3H3,(H,22,25)(H,23,24);1H. The van der Waals surface area contributed by atoms with Crippen LogP contribution in [0.25, 0.3) is 0 Å². The van der Waals surface area contributed by atoms with Gasteiger partial charge < -0.3 is 25.8 Å². The van der Waals surface area contributed by atoms with Gasteiger partial charge in [-0.3, -0.25) is 9.59 Å². The van der Waals surface area contributed by atoms with Crippen molar-refractivity contribution in [3.05, 3.63) is 53.6 Å². The number of nitrogens with one attached hydrogen (secondary N) is 2. The van der Waals surface area contributed by atoms with E-state index in [1.807, 2.05) is 13.8 Å².